The molecule has 1 saturated carbocycles. The molecule has 2 heterocycles. The van der Waals surface area contributed by atoms with Gasteiger partial charge in [-0.2, -0.15) is 0 Å². The molecule has 0 radical (unpaired) electrons. The fourth-order valence-corrected chi connectivity index (χ4v) is 6.18. The van der Waals surface area contributed by atoms with Crippen molar-refractivity contribution >= 4 is 5.91 Å². The topological polar surface area (TPSA) is 65.5 Å². The normalized spacial score (nSPS) is 25.1. The number of likely N-dealkylation sites (tertiary alicyclic amines) is 1. The Morgan fingerprint density at radius 1 is 1.05 bits per heavy atom. The van der Waals surface area contributed by atoms with Gasteiger partial charge in [0.05, 0.1) is 12.2 Å². The summed E-state index contributed by atoms with van der Waals surface area (Å²) in [4.78, 5) is 19.8. The van der Waals surface area contributed by atoms with E-state index in [-0.39, 0.29) is 11.5 Å². The highest BCUT2D eigenvalue weighted by atomic mass is 16.6. The summed E-state index contributed by atoms with van der Waals surface area (Å²) in [6.45, 7) is 19.4. The van der Waals surface area contributed by atoms with Gasteiger partial charge in [-0.3, -0.25) is 14.6 Å². The van der Waals surface area contributed by atoms with Gasteiger partial charge >= 0.3 is 0 Å². The number of carbonyl (C=O) groups excluding carboxylic acids is 1. The molecule has 0 aromatic carbocycles. The van der Waals surface area contributed by atoms with E-state index >= 15 is 0 Å². The fraction of sp³-hybridized carbons (Fsp3) is 0.735. The number of rotatable bonds is 12. The van der Waals surface area contributed by atoms with Crippen LogP contribution in [0.5, 0.6) is 0 Å². The lowest BCUT2D eigenvalue weighted by Gasteiger charge is -2.37. The lowest BCUT2D eigenvalue weighted by molar-refractivity contribution is -0.243. The maximum atomic E-state index is 13.1. The molecule has 1 amide bonds. The molecule has 2 saturated heterocycles. The van der Waals surface area contributed by atoms with E-state index in [4.69, 9.17) is 9.47 Å². The van der Waals surface area contributed by atoms with Gasteiger partial charge in [0.2, 0.25) is 12.3 Å². The average molecular weight is 570 g/mol. The highest BCUT2D eigenvalue weighted by molar-refractivity contribution is 5.79. The van der Waals surface area contributed by atoms with E-state index < -0.39 is 6.41 Å². The van der Waals surface area contributed by atoms with Gasteiger partial charge in [-0.1, -0.05) is 18.7 Å². The van der Waals surface area contributed by atoms with Crippen LogP contribution >= 0.6 is 0 Å². The van der Waals surface area contributed by atoms with Gasteiger partial charge in [0, 0.05) is 51.7 Å². The number of piperazine rings is 1. The molecule has 1 N–H and O–H groups in total. The monoisotopic (exact) mass is 569 g/mol. The second-order valence-corrected chi connectivity index (χ2v) is 13.6. The van der Waals surface area contributed by atoms with Crippen molar-refractivity contribution in [2.75, 3.05) is 52.4 Å². The van der Waals surface area contributed by atoms with Crippen molar-refractivity contribution in [3.8, 4) is 0 Å². The van der Waals surface area contributed by atoms with Crippen molar-refractivity contribution in [3.05, 3.63) is 47.8 Å². The molecule has 2 aliphatic heterocycles. The predicted octanol–water partition coefficient (Wildman–Crippen LogP) is 5.49. The standard InChI is InChI=1S/C34H55N3O4/c1-6-31(40-24-17-27-15-18-37(19-16-27)33(39)41-34(3,4)5)14-7-26(2)29-10-12-30(13-11-29)32(38)36-22-20-35(21-23-36)25-28-8-9-28/h6-7,10,14,27-28,30,33,39H,1,8-9,11-13,15-25H2,2-5H3/b26-7+,31-14+/t30?,33-/m0/s1. The molecular formula is C34H55N3O4. The zero-order chi connectivity index (χ0) is 29.4. The quantitative estimate of drug-likeness (QED) is 0.190. The van der Waals surface area contributed by atoms with Crippen molar-refractivity contribution in [2.45, 2.75) is 91.1 Å². The molecule has 4 aliphatic rings. The molecule has 1 unspecified atom stereocenters. The van der Waals surface area contributed by atoms with Crippen molar-refractivity contribution in [1.29, 1.82) is 0 Å². The SMILES string of the molecule is C=C/C(=C\C=C(/C)C1=CCC(C(=O)N2CCN(CC3CC3)CC2)CC1)OCCC1CCN([C@@H](O)OC(C)(C)C)CC1. The van der Waals surface area contributed by atoms with Crippen LogP contribution in [0, 0.1) is 17.8 Å². The van der Waals surface area contributed by atoms with Crippen molar-refractivity contribution in [1.82, 2.24) is 14.7 Å². The molecule has 2 atom stereocenters. The van der Waals surface area contributed by atoms with E-state index in [1.807, 2.05) is 31.7 Å². The smallest absolute Gasteiger partial charge is 0.226 e. The van der Waals surface area contributed by atoms with Crippen LogP contribution in [0.25, 0.3) is 0 Å². The van der Waals surface area contributed by atoms with Gasteiger partial charge in [0.15, 0.2) is 0 Å². The van der Waals surface area contributed by atoms with Gasteiger partial charge in [-0.05, 0) is 114 Å². The first-order chi connectivity index (χ1) is 19.6. The van der Waals surface area contributed by atoms with Crippen LogP contribution in [-0.4, -0.2) is 90.1 Å². The van der Waals surface area contributed by atoms with E-state index in [2.05, 4.69) is 35.5 Å². The number of allylic oxidation sites excluding steroid dienone is 6. The number of carbonyl (C=O) groups is 1. The van der Waals surface area contributed by atoms with Crippen LogP contribution in [0.3, 0.4) is 0 Å². The Labute approximate surface area is 248 Å². The molecule has 230 valence electrons. The third kappa shape index (κ3) is 10.4. The minimum atomic E-state index is -0.833. The third-order valence-electron chi connectivity index (χ3n) is 9.08. The molecule has 4 rings (SSSR count). The van der Waals surface area contributed by atoms with E-state index in [0.717, 1.165) is 89.5 Å². The summed E-state index contributed by atoms with van der Waals surface area (Å²) in [5.41, 5.74) is 2.22. The van der Waals surface area contributed by atoms with Crippen molar-refractivity contribution in [3.63, 3.8) is 0 Å². The maximum Gasteiger partial charge on any atom is 0.226 e. The Balaban J connectivity index is 1.15. The number of amides is 1. The van der Waals surface area contributed by atoms with E-state index in [9.17, 15) is 9.90 Å². The van der Waals surface area contributed by atoms with E-state index in [1.54, 1.807) is 6.08 Å². The molecular weight excluding hydrogens is 514 g/mol. The lowest BCUT2D eigenvalue weighted by atomic mass is 9.85. The summed E-state index contributed by atoms with van der Waals surface area (Å²) in [6, 6.07) is 0. The Bertz CT molecular complexity index is 961. The molecule has 7 nitrogen and oxygen atoms in total. The summed E-state index contributed by atoms with van der Waals surface area (Å²) in [7, 11) is 0. The molecule has 0 bridgehead atoms. The number of hydrogen-bond donors (Lipinski definition) is 1. The van der Waals surface area contributed by atoms with Gasteiger partial charge < -0.3 is 19.5 Å². The largest absolute Gasteiger partial charge is 0.494 e. The fourth-order valence-electron chi connectivity index (χ4n) is 6.18. The van der Waals surface area contributed by atoms with E-state index in [0.29, 0.717) is 18.4 Å². The van der Waals surface area contributed by atoms with Crippen LogP contribution in [0.15, 0.2) is 47.8 Å². The summed E-state index contributed by atoms with van der Waals surface area (Å²) >= 11 is 0. The number of hydrogen-bond acceptors (Lipinski definition) is 6. The number of aliphatic hydroxyl groups is 1. The second kappa shape index (κ2) is 15.0. The van der Waals surface area contributed by atoms with Crippen molar-refractivity contribution in [2.24, 2.45) is 17.8 Å². The van der Waals surface area contributed by atoms with Gasteiger partial charge in [-0.25, -0.2) is 0 Å². The zero-order valence-electron chi connectivity index (χ0n) is 26.2. The van der Waals surface area contributed by atoms with Crippen molar-refractivity contribution < 1.29 is 19.4 Å². The van der Waals surface area contributed by atoms with Crippen LogP contribution in [0.2, 0.25) is 0 Å². The first kappa shape index (κ1) is 32.0. The minimum absolute atomic E-state index is 0.130. The second-order valence-electron chi connectivity index (χ2n) is 13.6. The molecule has 3 fully saturated rings. The van der Waals surface area contributed by atoms with Crippen LogP contribution in [-0.2, 0) is 14.3 Å². The average Bonchev–Trinajstić information content (AvgIpc) is 3.78. The Morgan fingerprint density at radius 2 is 1.76 bits per heavy atom. The lowest BCUT2D eigenvalue weighted by Crippen LogP contribution is -2.50. The zero-order valence-corrected chi connectivity index (χ0v) is 26.2. The predicted molar refractivity (Wildman–Crippen MR) is 165 cm³/mol. The van der Waals surface area contributed by atoms with Gasteiger partial charge in [0.25, 0.3) is 0 Å². The maximum absolute atomic E-state index is 13.1. The summed E-state index contributed by atoms with van der Waals surface area (Å²) in [6.07, 6.45) is 15.9. The van der Waals surface area contributed by atoms with E-state index in [1.165, 1.54) is 30.5 Å². The van der Waals surface area contributed by atoms with Crippen LogP contribution in [0.4, 0.5) is 0 Å². The number of nitrogens with zero attached hydrogens (tertiary/aromatic N) is 3. The van der Waals surface area contributed by atoms with Gasteiger partial charge in [-0.15, -0.1) is 0 Å². The highest BCUT2D eigenvalue weighted by Gasteiger charge is 2.31. The Kier molecular flexibility index (Phi) is 11.7. The molecule has 0 aromatic heterocycles. The Hall–Kier alpha value is -1.93. The third-order valence-corrected chi connectivity index (χ3v) is 9.08. The number of piperidine rings is 1. The Morgan fingerprint density at radius 3 is 2.34 bits per heavy atom. The highest BCUT2D eigenvalue weighted by Crippen LogP contribution is 2.31. The minimum Gasteiger partial charge on any atom is -0.494 e. The summed E-state index contributed by atoms with van der Waals surface area (Å²) in [5, 5.41) is 10.3. The molecule has 41 heavy (non-hydrogen) atoms. The van der Waals surface area contributed by atoms with Crippen LogP contribution in [0.1, 0.15) is 79.1 Å². The first-order valence-electron chi connectivity index (χ1n) is 16.1. The molecule has 2 aliphatic carbocycles. The van der Waals surface area contributed by atoms with Gasteiger partial charge in [0.1, 0.15) is 5.76 Å². The number of aliphatic hydroxyl groups excluding tert-OH is 1. The molecule has 0 spiro atoms. The first-order valence-corrected chi connectivity index (χ1v) is 16.1. The summed E-state index contributed by atoms with van der Waals surface area (Å²) < 4.78 is 11.8. The molecule has 0 aromatic rings. The summed E-state index contributed by atoms with van der Waals surface area (Å²) in [5.74, 6) is 2.79. The molecule has 7 heteroatoms. The number of ether oxygens (including phenoxy) is 2. The van der Waals surface area contributed by atoms with Crippen LogP contribution < -0.4 is 0 Å².